The lowest BCUT2D eigenvalue weighted by Gasteiger charge is -1.99. The molecule has 0 saturated heterocycles. The van der Waals surface area contributed by atoms with Crippen LogP contribution in [0.2, 0.25) is 0 Å². The normalized spacial score (nSPS) is 13.2. The molecule has 0 aliphatic rings. The number of aliphatic hydroxyl groups is 1. The van der Waals surface area contributed by atoms with Gasteiger partial charge in [0.15, 0.2) is 0 Å². The lowest BCUT2D eigenvalue weighted by atomic mass is 10.2. The monoisotopic (exact) mass is 115 g/mol. The number of unbranched alkanes of at least 4 members (excludes halogenated alkanes) is 1. The van der Waals surface area contributed by atoms with Crippen molar-refractivity contribution in [2.24, 2.45) is 5.73 Å². The predicted molar refractivity (Wildman–Crippen MR) is 34.2 cm³/mol. The van der Waals surface area contributed by atoms with Crippen molar-refractivity contribution in [3.63, 3.8) is 0 Å². The van der Waals surface area contributed by atoms with Crippen molar-refractivity contribution in [2.45, 2.75) is 25.5 Å². The van der Waals surface area contributed by atoms with Crippen LogP contribution in [0.4, 0.5) is 0 Å². The van der Waals surface area contributed by atoms with E-state index in [0.29, 0.717) is 6.42 Å². The molecule has 2 heteroatoms. The second kappa shape index (κ2) is 4.81. The van der Waals surface area contributed by atoms with E-state index in [0.717, 1.165) is 12.8 Å². The number of hydrogen-bond donors (Lipinski definition) is 2. The quantitative estimate of drug-likeness (QED) is 0.320. The first-order valence-electron chi connectivity index (χ1n) is 2.82. The van der Waals surface area contributed by atoms with E-state index in [9.17, 15) is 0 Å². The van der Waals surface area contributed by atoms with Crippen molar-refractivity contribution >= 4 is 0 Å². The van der Waals surface area contributed by atoms with E-state index in [1.165, 1.54) is 0 Å². The van der Waals surface area contributed by atoms with Crippen molar-refractivity contribution in [1.29, 1.82) is 0 Å². The molecular weight excluding hydrogens is 102 g/mol. The summed E-state index contributed by atoms with van der Waals surface area (Å²) in [7, 11) is 0. The summed E-state index contributed by atoms with van der Waals surface area (Å²) in [5.41, 5.74) is 5.05. The Kier molecular flexibility index (Phi) is 4.61. The molecule has 0 aromatic carbocycles. The highest BCUT2D eigenvalue weighted by Crippen LogP contribution is 1.95. The van der Waals surface area contributed by atoms with E-state index in [1.807, 2.05) is 6.08 Å². The molecule has 3 N–H and O–H groups in total. The molecule has 0 spiro atoms. The molecule has 2 nitrogen and oxygen atoms in total. The van der Waals surface area contributed by atoms with Crippen molar-refractivity contribution in [3.8, 4) is 0 Å². The van der Waals surface area contributed by atoms with E-state index >= 15 is 0 Å². The van der Waals surface area contributed by atoms with Gasteiger partial charge < -0.3 is 10.8 Å². The molecule has 0 radical (unpaired) electrons. The standard InChI is InChI=1S/C6H13NO/c1-2-3-4-5-6(7)8/h2,6,8H,1,3-5,7H2. The minimum Gasteiger partial charge on any atom is -0.379 e. The highest BCUT2D eigenvalue weighted by Gasteiger charge is 1.91. The molecule has 0 aliphatic heterocycles. The van der Waals surface area contributed by atoms with Gasteiger partial charge in [0.05, 0.1) is 0 Å². The number of nitrogens with two attached hydrogens (primary N) is 1. The molecule has 0 aliphatic carbocycles. The van der Waals surface area contributed by atoms with Crippen LogP contribution in [-0.2, 0) is 0 Å². The van der Waals surface area contributed by atoms with E-state index in [4.69, 9.17) is 10.8 Å². The van der Waals surface area contributed by atoms with E-state index in [1.54, 1.807) is 0 Å². The fourth-order valence-electron chi connectivity index (χ4n) is 0.471. The van der Waals surface area contributed by atoms with Gasteiger partial charge in [-0.1, -0.05) is 6.08 Å². The number of rotatable bonds is 4. The number of hydrogen-bond acceptors (Lipinski definition) is 2. The first-order valence-corrected chi connectivity index (χ1v) is 2.82. The van der Waals surface area contributed by atoms with Gasteiger partial charge >= 0.3 is 0 Å². The maximum absolute atomic E-state index is 8.52. The molecule has 0 aromatic rings. The first-order chi connectivity index (χ1) is 3.77. The van der Waals surface area contributed by atoms with Crippen LogP contribution in [0.3, 0.4) is 0 Å². The first kappa shape index (κ1) is 7.66. The fraction of sp³-hybridized carbons (Fsp3) is 0.667. The molecular formula is C6H13NO. The molecule has 1 unspecified atom stereocenters. The van der Waals surface area contributed by atoms with E-state index < -0.39 is 6.23 Å². The smallest absolute Gasteiger partial charge is 0.102 e. The Morgan fingerprint density at radius 2 is 2.38 bits per heavy atom. The summed E-state index contributed by atoms with van der Waals surface area (Å²) in [6.45, 7) is 3.54. The summed E-state index contributed by atoms with van der Waals surface area (Å²) in [5.74, 6) is 0. The summed E-state index contributed by atoms with van der Waals surface area (Å²) in [4.78, 5) is 0. The SMILES string of the molecule is C=CCCCC(N)O. The molecule has 0 bridgehead atoms. The predicted octanol–water partition coefficient (Wildman–Crippen LogP) is 0.620. The molecule has 0 heterocycles. The third-order valence-corrected chi connectivity index (χ3v) is 0.908. The zero-order valence-electron chi connectivity index (χ0n) is 5.01. The molecule has 0 amide bonds. The highest BCUT2D eigenvalue weighted by atomic mass is 16.3. The van der Waals surface area contributed by atoms with Crippen LogP contribution in [0.5, 0.6) is 0 Å². The Labute approximate surface area is 50.0 Å². The average Bonchev–Trinajstić information content (AvgIpc) is 1.66. The summed E-state index contributed by atoms with van der Waals surface area (Å²) in [6.07, 6.45) is 3.72. The molecule has 0 saturated carbocycles. The van der Waals surface area contributed by atoms with Gasteiger partial charge in [-0.2, -0.15) is 0 Å². The Hall–Kier alpha value is -0.340. The van der Waals surface area contributed by atoms with Gasteiger partial charge in [0.2, 0.25) is 0 Å². The summed E-state index contributed by atoms with van der Waals surface area (Å²) in [5, 5.41) is 8.52. The largest absolute Gasteiger partial charge is 0.379 e. The van der Waals surface area contributed by atoms with Crippen LogP contribution in [0.1, 0.15) is 19.3 Å². The molecule has 8 heavy (non-hydrogen) atoms. The summed E-state index contributed by atoms with van der Waals surface area (Å²) >= 11 is 0. The maximum Gasteiger partial charge on any atom is 0.102 e. The lowest BCUT2D eigenvalue weighted by molar-refractivity contribution is 0.169. The zero-order valence-corrected chi connectivity index (χ0v) is 5.01. The van der Waals surface area contributed by atoms with Gasteiger partial charge in [-0.25, -0.2) is 0 Å². The highest BCUT2D eigenvalue weighted by molar-refractivity contribution is 4.65. The second-order valence-electron chi connectivity index (χ2n) is 1.79. The second-order valence-corrected chi connectivity index (χ2v) is 1.79. The minimum absolute atomic E-state index is 0.644. The fourth-order valence-corrected chi connectivity index (χ4v) is 0.471. The third-order valence-electron chi connectivity index (χ3n) is 0.908. The summed E-state index contributed by atoms with van der Waals surface area (Å²) in [6, 6.07) is 0. The Morgan fingerprint density at radius 1 is 1.75 bits per heavy atom. The molecule has 1 atom stereocenters. The number of aliphatic hydroxyl groups excluding tert-OH is 1. The van der Waals surface area contributed by atoms with Gasteiger partial charge in [0.1, 0.15) is 6.23 Å². The minimum atomic E-state index is -0.644. The molecule has 0 fully saturated rings. The van der Waals surface area contributed by atoms with Crippen molar-refractivity contribution in [2.75, 3.05) is 0 Å². The van der Waals surface area contributed by atoms with E-state index in [-0.39, 0.29) is 0 Å². The van der Waals surface area contributed by atoms with Gasteiger partial charge in [0.25, 0.3) is 0 Å². The topological polar surface area (TPSA) is 46.2 Å². The van der Waals surface area contributed by atoms with Gasteiger partial charge in [-0.05, 0) is 19.3 Å². The van der Waals surface area contributed by atoms with Gasteiger partial charge in [-0.15, -0.1) is 6.58 Å². The van der Waals surface area contributed by atoms with Crippen LogP contribution in [0, 0.1) is 0 Å². The number of allylic oxidation sites excluding steroid dienone is 1. The van der Waals surface area contributed by atoms with Crippen molar-refractivity contribution < 1.29 is 5.11 Å². The molecule has 0 rings (SSSR count). The van der Waals surface area contributed by atoms with Gasteiger partial charge in [0, 0.05) is 0 Å². The third kappa shape index (κ3) is 5.66. The Balaban J connectivity index is 2.81. The Morgan fingerprint density at radius 3 is 2.75 bits per heavy atom. The molecule has 0 aromatic heterocycles. The van der Waals surface area contributed by atoms with Crippen LogP contribution in [-0.4, -0.2) is 11.3 Å². The Bertz CT molecular complexity index is 61.5. The zero-order chi connectivity index (χ0) is 6.41. The molecule has 48 valence electrons. The summed E-state index contributed by atoms with van der Waals surface area (Å²) < 4.78 is 0. The lowest BCUT2D eigenvalue weighted by Crippen LogP contribution is -2.17. The van der Waals surface area contributed by atoms with Crippen LogP contribution in [0.25, 0.3) is 0 Å². The van der Waals surface area contributed by atoms with E-state index in [2.05, 4.69) is 6.58 Å². The van der Waals surface area contributed by atoms with Crippen molar-refractivity contribution in [3.05, 3.63) is 12.7 Å². The average molecular weight is 115 g/mol. The van der Waals surface area contributed by atoms with Crippen LogP contribution >= 0.6 is 0 Å². The van der Waals surface area contributed by atoms with Gasteiger partial charge in [-0.3, -0.25) is 0 Å². The van der Waals surface area contributed by atoms with Crippen molar-refractivity contribution in [1.82, 2.24) is 0 Å². The van der Waals surface area contributed by atoms with Crippen LogP contribution < -0.4 is 5.73 Å². The van der Waals surface area contributed by atoms with Crippen LogP contribution in [0.15, 0.2) is 12.7 Å². The maximum atomic E-state index is 8.52.